The molecule has 2 aromatic carbocycles. The van der Waals surface area contributed by atoms with Crippen LogP contribution in [-0.2, 0) is 0 Å². The molecule has 6 heteroatoms. The summed E-state index contributed by atoms with van der Waals surface area (Å²) in [6.45, 7) is 3.60. The van der Waals surface area contributed by atoms with Crippen molar-refractivity contribution in [3.63, 3.8) is 0 Å². The molecule has 2 heterocycles. The van der Waals surface area contributed by atoms with Gasteiger partial charge in [-0.05, 0) is 55.8 Å². The second kappa shape index (κ2) is 6.64. The number of halogens is 1. The maximum atomic E-state index is 13.3. The number of anilines is 1. The molecule has 27 heavy (non-hydrogen) atoms. The summed E-state index contributed by atoms with van der Waals surface area (Å²) in [7, 11) is 0. The van der Waals surface area contributed by atoms with E-state index in [1.807, 2.05) is 37.3 Å². The number of carbonyl (C=O) groups is 1. The normalized spacial score (nSPS) is 10.9. The monoisotopic (exact) mass is 361 g/mol. The largest absolute Gasteiger partial charge is 0.361 e. The highest BCUT2D eigenvalue weighted by molar-refractivity contribution is 6.05. The van der Waals surface area contributed by atoms with Crippen LogP contribution in [-0.4, -0.2) is 16.0 Å². The van der Waals surface area contributed by atoms with Crippen molar-refractivity contribution in [1.29, 1.82) is 0 Å². The minimum absolute atomic E-state index is 0.268. The smallest absolute Gasteiger partial charge is 0.260 e. The molecule has 4 aromatic rings. The van der Waals surface area contributed by atoms with Crippen LogP contribution >= 0.6 is 0 Å². The van der Waals surface area contributed by atoms with Crippen molar-refractivity contribution in [3.8, 4) is 11.3 Å². The maximum absolute atomic E-state index is 13.3. The number of aryl methyl sites for hydroxylation is 2. The Morgan fingerprint density at radius 1 is 1.07 bits per heavy atom. The molecule has 1 amide bonds. The Bertz CT molecular complexity index is 1170. The fourth-order valence-electron chi connectivity index (χ4n) is 2.93. The van der Waals surface area contributed by atoms with E-state index < -0.39 is 0 Å². The first-order chi connectivity index (χ1) is 13.0. The van der Waals surface area contributed by atoms with E-state index in [2.05, 4.69) is 15.5 Å². The number of carbonyl (C=O) groups excluding carboxylic acids is 1. The van der Waals surface area contributed by atoms with Crippen molar-refractivity contribution < 1.29 is 13.7 Å². The van der Waals surface area contributed by atoms with Crippen LogP contribution in [0.2, 0.25) is 0 Å². The molecule has 134 valence electrons. The molecule has 0 unspecified atom stereocenters. The molecule has 1 N–H and O–H groups in total. The average Bonchev–Trinajstić information content (AvgIpc) is 3.09. The van der Waals surface area contributed by atoms with Gasteiger partial charge in [-0.15, -0.1) is 0 Å². The van der Waals surface area contributed by atoms with Crippen LogP contribution < -0.4 is 5.32 Å². The van der Waals surface area contributed by atoms with Gasteiger partial charge in [0.1, 0.15) is 17.1 Å². The van der Waals surface area contributed by atoms with E-state index in [1.54, 1.807) is 13.0 Å². The van der Waals surface area contributed by atoms with Gasteiger partial charge < -0.3 is 9.84 Å². The SMILES string of the molecule is Cc1cc(-c2ccc3cc(F)ccc3n2)ccc1NC(=O)c1cnoc1C. The van der Waals surface area contributed by atoms with E-state index in [9.17, 15) is 9.18 Å². The van der Waals surface area contributed by atoms with Crippen LogP contribution in [0, 0.1) is 19.7 Å². The number of hydrogen-bond donors (Lipinski definition) is 1. The third-order valence-electron chi connectivity index (χ3n) is 4.42. The van der Waals surface area contributed by atoms with Gasteiger partial charge in [-0.2, -0.15) is 0 Å². The number of hydrogen-bond acceptors (Lipinski definition) is 4. The van der Waals surface area contributed by atoms with Crippen molar-refractivity contribution in [2.24, 2.45) is 0 Å². The minimum atomic E-state index is -0.281. The Hall–Kier alpha value is -3.54. The van der Waals surface area contributed by atoms with E-state index in [1.165, 1.54) is 18.3 Å². The quantitative estimate of drug-likeness (QED) is 0.564. The second-order valence-electron chi connectivity index (χ2n) is 6.31. The van der Waals surface area contributed by atoms with Gasteiger partial charge in [-0.1, -0.05) is 17.3 Å². The number of amides is 1. The molecule has 0 aliphatic heterocycles. The van der Waals surface area contributed by atoms with E-state index in [-0.39, 0.29) is 11.7 Å². The first-order valence-electron chi connectivity index (χ1n) is 8.41. The van der Waals surface area contributed by atoms with Crippen LogP contribution in [0.15, 0.2) is 59.3 Å². The van der Waals surface area contributed by atoms with E-state index in [4.69, 9.17) is 4.52 Å². The molecule has 0 spiro atoms. The number of aromatic nitrogens is 2. The van der Waals surface area contributed by atoms with Gasteiger partial charge in [0.2, 0.25) is 0 Å². The Balaban J connectivity index is 1.62. The lowest BCUT2D eigenvalue weighted by atomic mass is 10.1. The highest BCUT2D eigenvalue weighted by Crippen LogP contribution is 2.26. The molecule has 5 nitrogen and oxygen atoms in total. The van der Waals surface area contributed by atoms with Gasteiger partial charge >= 0.3 is 0 Å². The number of nitrogens with one attached hydrogen (secondary N) is 1. The molecule has 2 aromatic heterocycles. The number of fused-ring (bicyclic) bond motifs is 1. The summed E-state index contributed by atoms with van der Waals surface area (Å²) in [6.07, 6.45) is 1.40. The molecule has 4 rings (SSSR count). The van der Waals surface area contributed by atoms with Crippen molar-refractivity contribution in [3.05, 3.63) is 77.4 Å². The third kappa shape index (κ3) is 3.29. The van der Waals surface area contributed by atoms with Gasteiger partial charge in [0.25, 0.3) is 5.91 Å². The molecule has 0 bridgehead atoms. The lowest BCUT2D eigenvalue weighted by Gasteiger charge is -2.10. The third-order valence-corrected chi connectivity index (χ3v) is 4.42. The molecule has 0 aliphatic rings. The van der Waals surface area contributed by atoms with Crippen molar-refractivity contribution in [2.75, 3.05) is 5.32 Å². The number of rotatable bonds is 3. The number of nitrogens with zero attached hydrogens (tertiary/aromatic N) is 2. The van der Waals surface area contributed by atoms with E-state index >= 15 is 0 Å². The van der Waals surface area contributed by atoms with Crippen molar-refractivity contribution in [2.45, 2.75) is 13.8 Å². The van der Waals surface area contributed by atoms with Gasteiger partial charge in [0.05, 0.1) is 17.4 Å². The molecule has 0 saturated heterocycles. The summed E-state index contributed by atoms with van der Waals surface area (Å²) in [5.41, 5.74) is 4.43. The predicted octanol–water partition coefficient (Wildman–Crippen LogP) is 4.90. The Morgan fingerprint density at radius 2 is 1.93 bits per heavy atom. The van der Waals surface area contributed by atoms with Gasteiger partial charge in [0, 0.05) is 16.6 Å². The van der Waals surface area contributed by atoms with Crippen LogP contribution in [0.4, 0.5) is 10.1 Å². The van der Waals surface area contributed by atoms with Gasteiger partial charge in [-0.25, -0.2) is 9.37 Å². The molecular formula is C21H16FN3O2. The highest BCUT2D eigenvalue weighted by Gasteiger charge is 2.14. The first kappa shape index (κ1) is 16.9. The van der Waals surface area contributed by atoms with E-state index in [0.29, 0.717) is 17.0 Å². The van der Waals surface area contributed by atoms with Crippen molar-refractivity contribution in [1.82, 2.24) is 10.1 Å². The minimum Gasteiger partial charge on any atom is -0.361 e. The van der Waals surface area contributed by atoms with Crippen LogP contribution in [0.5, 0.6) is 0 Å². The van der Waals surface area contributed by atoms with Crippen molar-refractivity contribution >= 4 is 22.5 Å². The fourth-order valence-corrected chi connectivity index (χ4v) is 2.93. The Labute approximate surface area is 154 Å². The Morgan fingerprint density at radius 3 is 2.67 bits per heavy atom. The summed E-state index contributed by atoms with van der Waals surface area (Å²) in [5, 5.41) is 7.24. The molecule has 0 fully saturated rings. The number of pyridine rings is 1. The molecular weight excluding hydrogens is 345 g/mol. The van der Waals surface area contributed by atoms with E-state index in [0.717, 1.165) is 27.7 Å². The lowest BCUT2D eigenvalue weighted by Crippen LogP contribution is -2.13. The summed E-state index contributed by atoms with van der Waals surface area (Å²) in [5.74, 6) is -0.0786. The van der Waals surface area contributed by atoms with Crippen LogP contribution in [0.25, 0.3) is 22.2 Å². The average molecular weight is 361 g/mol. The predicted molar refractivity (Wildman–Crippen MR) is 101 cm³/mol. The van der Waals surface area contributed by atoms with Crippen LogP contribution in [0.1, 0.15) is 21.7 Å². The highest BCUT2D eigenvalue weighted by atomic mass is 19.1. The van der Waals surface area contributed by atoms with Gasteiger partial charge in [0.15, 0.2) is 0 Å². The summed E-state index contributed by atoms with van der Waals surface area (Å²) in [4.78, 5) is 16.9. The standard InChI is InChI=1S/C21H16FN3O2/c1-12-9-14(19-7-4-15-10-16(22)5-8-20(15)24-19)3-6-18(12)25-21(26)17-11-23-27-13(17)2/h3-11H,1-2H3,(H,25,26). The lowest BCUT2D eigenvalue weighted by molar-refractivity contribution is 0.102. The molecule has 0 saturated carbocycles. The summed E-state index contributed by atoms with van der Waals surface area (Å²) >= 11 is 0. The van der Waals surface area contributed by atoms with Crippen LogP contribution in [0.3, 0.4) is 0 Å². The fraction of sp³-hybridized carbons (Fsp3) is 0.0952. The zero-order chi connectivity index (χ0) is 19.0. The molecule has 0 aliphatic carbocycles. The molecule has 0 atom stereocenters. The Kier molecular flexibility index (Phi) is 4.16. The topological polar surface area (TPSA) is 68.0 Å². The first-order valence-corrected chi connectivity index (χ1v) is 8.41. The zero-order valence-electron chi connectivity index (χ0n) is 14.8. The molecule has 0 radical (unpaired) electrons. The summed E-state index contributed by atoms with van der Waals surface area (Å²) < 4.78 is 18.2. The number of benzene rings is 2. The maximum Gasteiger partial charge on any atom is 0.260 e. The summed E-state index contributed by atoms with van der Waals surface area (Å²) in [6, 6.07) is 13.9. The zero-order valence-corrected chi connectivity index (χ0v) is 14.8. The van der Waals surface area contributed by atoms with Gasteiger partial charge in [-0.3, -0.25) is 4.79 Å². The second-order valence-corrected chi connectivity index (χ2v) is 6.31.